The summed E-state index contributed by atoms with van der Waals surface area (Å²) in [6.45, 7) is 0.843. The first kappa shape index (κ1) is 12.9. The minimum absolute atomic E-state index is 0.221. The molecule has 0 bridgehead atoms. The lowest BCUT2D eigenvalue weighted by atomic mass is 9.82. The second-order valence-electron chi connectivity index (χ2n) is 5.34. The molecule has 6 heteroatoms. The van der Waals surface area contributed by atoms with Gasteiger partial charge in [-0.25, -0.2) is 4.68 Å². The molecule has 0 aromatic carbocycles. The van der Waals surface area contributed by atoms with E-state index in [0.29, 0.717) is 23.8 Å². The molecule has 3 atom stereocenters. The number of ether oxygens (including phenoxy) is 1. The topological polar surface area (TPSA) is 56.1 Å². The van der Waals surface area contributed by atoms with Crippen LogP contribution in [-0.2, 0) is 11.8 Å². The van der Waals surface area contributed by atoms with Crippen molar-refractivity contribution in [1.29, 1.82) is 0 Å². The molecule has 1 saturated carbocycles. The second-order valence-corrected chi connectivity index (χ2v) is 5.72. The smallest absolute Gasteiger partial charge is 0.287 e. The Morgan fingerprint density at radius 1 is 1.47 bits per heavy atom. The van der Waals surface area contributed by atoms with Crippen molar-refractivity contribution in [3.05, 3.63) is 21.6 Å². The van der Waals surface area contributed by atoms with Gasteiger partial charge in [0.25, 0.3) is 5.56 Å². The Morgan fingerprint density at radius 2 is 2.32 bits per heavy atom. The number of hydrogen-bond donors (Lipinski definition) is 1. The highest BCUT2D eigenvalue weighted by Gasteiger charge is 2.37. The van der Waals surface area contributed by atoms with Gasteiger partial charge < -0.3 is 10.1 Å². The number of hydrogen-bond acceptors (Lipinski definition) is 4. The normalized spacial score (nSPS) is 30.1. The van der Waals surface area contributed by atoms with Crippen LogP contribution in [0.1, 0.15) is 25.7 Å². The Balaban J connectivity index is 1.81. The van der Waals surface area contributed by atoms with Gasteiger partial charge in [0.05, 0.1) is 18.0 Å². The summed E-state index contributed by atoms with van der Waals surface area (Å²) in [5.41, 5.74) is 0.379. The minimum Gasteiger partial charge on any atom is -0.379 e. The first-order valence-electron chi connectivity index (χ1n) is 6.77. The Bertz CT molecular complexity index is 531. The second kappa shape index (κ2) is 5.13. The summed E-state index contributed by atoms with van der Waals surface area (Å²) < 4.78 is 6.99. The van der Waals surface area contributed by atoms with Crippen LogP contribution in [0.3, 0.4) is 0 Å². The van der Waals surface area contributed by atoms with Crippen molar-refractivity contribution in [3.63, 3.8) is 0 Å². The van der Waals surface area contributed by atoms with Crippen LogP contribution in [0.5, 0.6) is 0 Å². The molecular weight excluding hydrogens is 266 g/mol. The van der Waals surface area contributed by atoms with Gasteiger partial charge in [-0.2, -0.15) is 5.10 Å². The van der Waals surface area contributed by atoms with Crippen LogP contribution in [0.2, 0.25) is 5.02 Å². The highest BCUT2D eigenvalue weighted by Crippen LogP contribution is 2.36. The Kier molecular flexibility index (Phi) is 3.50. The first-order valence-corrected chi connectivity index (χ1v) is 7.14. The third-order valence-electron chi connectivity index (χ3n) is 4.20. The highest BCUT2D eigenvalue weighted by molar-refractivity contribution is 6.32. The van der Waals surface area contributed by atoms with Crippen LogP contribution in [0.15, 0.2) is 11.0 Å². The molecule has 1 aliphatic heterocycles. The summed E-state index contributed by atoms with van der Waals surface area (Å²) in [6, 6.07) is 0.327. The van der Waals surface area contributed by atoms with Gasteiger partial charge >= 0.3 is 0 Å². The first-order chi connectivity index (χ1) is 9.16. The van der Waals surface area contributed by atoms with E-state index in [1.165, 1.54) is 4.68 Å². The monoisotopic (exact) mass is 283 g/mol. The van der Waals surface area contributed by atoms with Gasteiger partial charge in [0.15, 0.2) is 0 Å². The van der Waals surface area contributed by atoms with Crippen molar-refractivity contribution in [2.45, 2.75) is 37.8 Å². The minimum atomic E-state index is -0.262. The quantitative estimate of drug-likeness (QED) is 0.899. The lowest BCUT2D eigenvalue weighted by Gasteiger charge is -2.33. The Hall–Kier alpha value is -1.07. The van der Waals surface area contributed by atoms with E-state index >= 15 is 0 Å². The number of nitrogens with zero attached hydrogens (tertiary/aromatic N) is 2. The number of anilines is 1. The summed E-state index contributed by atoms with van der Waals surface area (Å²) in [5.74, 6) is 0.522. The summed E-state index contributed by atoms with van der Waals surface area (Å²) in [5, 5.41) is 7.64. The molecule has 1 aromatic heterocycles. The molecule has 2 fully saturated rings. The molecule has 19 heavy (non-hydrogen) atoms. The Labute approximate surface area is 116 Å². The molecule has 1 aliphatic carbocycles. The molecule has 2 aliphatic rings. The summed E-state index contributed by atoms with van der Waals surface area (Å²) in [4.78, 5) is 11.8. The van der Waals surface area contributed by atoms with Crippen LogP contribution in [-0.4, -0.2) is 28.5 Å². The SMILES string of the molecule is Cn1ncc(NC2CCCC3OCCC23)c(Cl)c1=O. The molecule has 0 amide bonds. The standard InChI is InChI=1S/C13H18ClN3O2/c1-17-13(18)12(14)10(7-15-17)16-9-3-2-4-11-8(9)5-6-19-11/h7-9,11,16H,2-6H2,1H3. The maximum Gasteiger partial charge on any atom is 0.287 e. The fourth-order valence-corrected chi connectivity index (χ4v) is 3.39. The van der Waals surface area contributed by atoms with Crippen molar-refractivity contribution in [3.8, 4) is 0 Å². The molecule has 3 unspecified atom stereocenters. The maximum atomic E-state index is 11.8. The largest absolute Gasteiger partial charge is 0.379 e. The average Bonchev–Trinajstić information content (AvgIpc) is 2.89. The molecule has 1 N–H and O–H groups in total. The predicted molar refractivity (Wildman–Crippen MR) is 73.6 cm³/mol. The Morgan fingerprint density at radius 3 is 3.16 bits per heavy atom. The van der Waals surface area contributed by atoms with Gasteiger partial charge in [0, 0.05) is 25.6 Å². The summed E-state index contributed by atoms with van der Waals surface area (Å²) in [7, 11) is 1.60. The molecule has 1 aromatic rings. The van der Waals surface area contributed by atoms with Gasteiger partial charge in [-0.05, 0) is 25.7 Å². The number of fused-ring (bicyclic) bond motifs is 1. The number of aromatic nitrogens is 2. The zero-order chi connectivity index (χ0) is 13.4. The van der Waals surface area contributed by atoms with E-state index in [9.17, 15) is 4.79 Å². The number of rotatable bonds is 2. The van der Waals surface area contributed by atoms with Crippen LogP contribution in [0.4, 0.5) is 5.69 Å². The van der Waals surface area contributed by atoms with E-state index in [2.05, 4.69) is 10.4 Å². The van der Waals surface area contributed by atoms with Crippen molar-refractivity contribution in [2.75, 3.05) is 11.9 Å². The lowest BCUT2D eigenvalue weighted by Crippen LogP contribution is -2.38. The molecule has 5 nitrogen and oxygen atoms in total. The zero-order valence-electron chi connectivity index (χ0n) is 10.9. The van der Waals surface area contributed by atoms with Crippen molar-refractivity contribution < 1.29 is 4.74 Å². The van der Waals surface area contributed by atoms with Crippen molar-refractivity contribution in [2.24, 2.45) is 13.0 Å². The van der Waals surface area contributed by atoms with Crippen LogP contribution < -0.4 is 10.9 Å². The van der Waals surface area contributed by atoms with Gasteiger partial charge in [-0.15, -0.1) is 0 Å². The fourth-order valence-electron chi connectivity index (χ4n) is 3.17. The molecule has 104 valence electrons. The molecule has 0 spiro atoms. The summed E-state index contributed by atoms with van der Waals surface area (Å²) >= 11 is 6.09. The van der Waals surface area contributed by atoms with Gasteiger partial charge in [-0.3, -0.25) is 4.79 Å². The van der Waals surface area contributed by atoms with E-state index in [0.717, 1.165) is 32.3 Å². The number of halogens is 1. The van der Waals surface area contributed by atoms with E-state index in [4.69, 9.17) is 16.3 Å². The fraction of sp³-hybridized carbons (Fsp3) is 0.692. The van der Waals surface area contributed by atoms with Gasteiger partial charge in [0.2, 0.25) is 0 Å². The van der Waals surface area contributed by atoms with Crippen molar-refractivity contribution >= 4 is 17.3 Å². The zero-order valence-corrected chi connectivity index (χ0v) is 11.7. The number of aryl methyl sites for hydroxylation is 1. The van der Waals surface area contributed by atoms with Gasteiger partial charge in [-0.1, -0.05) is 11.6 Å². The third-order valence-corrected chi connectivity index (χ3v) is 4.57. The van der Waals surface area contributed by atoms with Crippen molar-refractivity contribution in [1.82, 2.24) is 9.78 Å². The van der Waals surface area contributed by atoms with Crippen LogP contribution in [0, 0.1) is 5.92 Å². The van der Waals surface area contributed by atoms with E-state index < -0.39 is 0 Å². The highest BCUT2D eigenvalue weighted by atomic mass is 35.5. The average molecular weight is 284 g/mol. The van der Waals surface area contributed by atoms with Crippen LogP contribution in [0.25, 0.3) is 0 Å². The lowest BCUT2D eigenvalue weighted by molar-refractivity contribution is 0.0620. The molecule has 3 rings (SSSR count). The molecule has 1 saturated heterocycles. The summed E-state index contributed by atoms with van der Waals surface area (Å²) in [6.07, 6.45) is 6.46. The van der Waals surface area contributed by atoms with E-state index in [1.807, 2.05) is 0 Å². The molecule has 2 heterocycles. The van der Waals surface area contributed by atoms with E-state index in [-0.39, 0.29) is 10.6 Å². The van der Waals surface area contributed by atoms with Crippen LogP contribution >= 0.6 is 11.6 Å². The number of nitrogens with one attached hydrogen (secondary N) is 1. The maximum absolute atomic E-state index is 11.8. The van der Waals surface area contributed by atoms with E-state index in [1.54, 1.807) is 13.2 Å². The van der Waals surface area contributed by atoms with Gasteiger partial charge in [0.1, 0.15) is 5.02 Å². The molecular formula is C13H18ClN3O2. The molecule has 0 radical (unpaired) electrons. The third kappa shape index (κ3) is 2.37. The predicted octanol–water partition coefficient (Wildman–Crippen LogP) is 1.80.